The van der Waals surface area contributed by atoms with Crippen LogP contribution in [0.3, 0.4) is 0 Å². The highest BCUT2D eigenvalue weighted by Crippen LogP contribution is 2.46. The van der Waals surface area contributed by atoms with Crippen molar-refractivity contribution in [2.24, 2.45) is 5.73 Å². The average Bonchev–Trinajstić information content (AvgIpc) is 2.89. The predicted molar refractivity (Wildman–Crippen MR) is 76.1 cm³/mol. The first kappa shape index (κ1) is 14.4. The lowest BCUT2D eigenvalue weighted by Crippen LogP contribution is -2.23. The summed E-state index contributed by atoms with van der Waals surface area (Å²) in [6.07, 6.45) is -2.03. The van der Waals surface area contributed by atoms with Crippen LogP contribution in [0.5, 0.6) is 0 Å². The molecule has 2 unspecified atom stereocenters. The number of fused-ring (bicyclic) bond motifs is 1. The van der Waals surface area contributed by atoms with E-state index in [4.69, 9.17) is 5.73 Å². The molecule has 1 aromatic carbocycles. The van der Waals surface area contributed by atoms with E-state index in [1.807, 2.05) is 24.3 Å². The standard InChI is InChI=1S/C15H13F3N2S/c16-15(17,18)12-5-6-20-7-10(12)14(19)11-8-21-13-4-2-1-3-9(11)13/h1-7,11,14H,8,19H2. The third-order valence-corrected chi connectivity index (χ3v) is 4.90. The van der Waals surface area contributed by atoms with E-state index in [9.17, 15) is 13.2 Å². The molecule has 2 N–H and O–H groups in total. The molecule has 3 rings (SSSR count). The molecule has 0 radical (unpaired) electrons. The molecule has 1 aliphatic heterocycles. The Labute approximate surface area is 124 Å². The molecule has 1 aromatic heterocycles. The number of hydrogen-bond acceptors (Lipinski definition) is 3. The smallest absolute Gasteiger partial charge is 0.323 e. The number of nitrogens with zero attached hydrogens (tertiary/aromatic N) is 1. The number of halogens is 3. The minimum absolute atomic E-state index is 0.0623. The van der Waals surface area contributed by atoms with Crippen LogP contribution < -0.4 is 5.73 Å². The molecule has 2 nitrogen and oxygen atoms in total. The summed E-state index contributed by atoms with van der Waals surface area (Å²) in [4.78, 5) is 4.91. The lowest BCUT2D eigenvalue weighted by molar-refractivity contribution is -0.138. The van der Waals surface area contributed by atoms with Gasteiger partial charge < -0.3 is 5.73 Å². The highest BCUT2D eigenvalue weighted by atomic mass is 32.2. The van der Waals surface area contributed by atoms with Crippen LogP contribution in [0.1, 0.15) is 28.7 Å². The Morgan fingerprint density at radius 1 is 1.24 bits per heavy atom. The second-order valence-electron chi connectivity index (χ2n) is 4.94. The summed E-state index contributed by atoms with van der Waals surface area (Å²) in [6, 6.07) is 7.99. The van der Waals surface area contributed by atoms with E-state index < -0.39 is 17.8 Å². The molecule has 2 aromatic rings. The molecule has 0 saturated carbocycles. The fourth-order valence-corrected chi connectivity index (χ4v) is 3.94. The molecule has 0 saturated heterocycles. The van der Waals surface area contributed by atoms with E-state index in [1.54, 1.807) is 11.8 Å². The summed E-state index contributed by atoms with van der Waals surface area (Å²) in [5, 5.41) is 0. The largest absolute Gasteiger partial charge is 0.416 e. The average molecular weight is 310 g/mol. The van der Waals surface area contributed by atoms with E-state index in [2.05, 4.69) is 4.98 Å². The Balaban J connectivity index is 2.00. The van der Waals surface area contributed by atoms with E-state index in [0.29, 0.717) is 5.75 Å². The number of rotatable bonds is 2. The van der Waals surface area contributed by atoms with Crippen LogP contribution in [0.15, 0.2) is 47.6 Å². The van der Waals surface area contributed by atoms with Crippen LogP contribution in [-0.4, -0.2) is 10.7 Å². The number of thioether (sulfide) groups is 1. The van der Waals surface area contributed by atoms with Crippen LogP contribution in [0.4, 0.5) is 13.2 Å². The van der Waals surface area contributed by atoms with Crippen molar-refractivity contribution in [3.8, 4) is 0 Å². The molecule has 110 valence electrons. The van der Waals surface area contributed by atoms with E-state index in [1.165, 1.54) is 6.20 Å². The summed E-state index contributed by atoms with van der Waals surface area (Å²) in [5.74, 6) is 0.559. The second kappa shape index (κ2) is 5.35. The van der Waals surface area contributed by atoms with Crippen molar-refractivity contribution < 1.29 is 13.2 Å². The van der Waals surface area contributed by atoms with Crippen molar-refractivity contribution in [1.29, 1.82) is 0 Å². The van der Waals surface area contributed by atoms with Gasteiger partial charge in [-0.05, 0) is 23.3 Å². The first-order valence-corrected chi connectivity index (χ1v) is 7.45. The summed E-state index contributed by atoms with van der Waals surface area (Å²) >= 11 is 1.63. The second-order valence-corrected chi connectivity index (χ2v) is 6.00. The number of aromatic nitrogens is 1. The molecular formula is C15H13F3N2S. The van der Waals surface area contributed by atoms with Crippen molar-refractivity contribution >= 4 is 11.8 Å². The van der Waals surface area contributed by atoms with Crippen LogP contribution in [-0.2, 0) is 6.18 Å². The molecular weight excluding hydrogens is 297 g/mol. The zero-order valence-corrected chi connectivity index (χ0v) is 11.8. The minimum atomic E-state index is -4.42. The van der Waals surface area contributed by atoms with Crippen LogP contribution >= 0.6 is 11.8 Å². The van der Waals surface area contributed by atoms with Gasteiger partial charge in [0.05, 0.1) is 5.56 Å². The fraction of sp³-hybridized carbons (Fsp3) is 0.267. The van der Waals surface area contributed by atoms with Crippen LogP contribution in [0.25, 0.3) is 0 Å². The highest BCUT2D eigenvalue weighted by Gasteiger charge is 2.38. The Morgan fingerprint density at radius 2 is 2.00 bits per heavy atom. The zero-order valence-electron chi connectivity index (χ0n) is 11.0. The van der Waals surface area contributed by atoms with E-state index >= 15 is 0 Å². The molecule has 0 spiro atoms. The maximum absolute atomic E-state index is 13.1. The normalized spacial score (nSPS) is 19.3. The molecule has 1 aliphatic rings. The molecule has 2 atom stereocenters. The Kier molecular flexibility index (Phi) is 3.67. The van der Waals surface area contributed by atoms with Gasteiger partial charge in [-0.25, -0.2) is 0 Å². The van der Waals surface area contributed by atoms with Crippen molar-refractivity contribution in [3.05, 3.63) is 59.4 Å². The van der Waals surface area contributed by atoms with Crippen molar-refractivity contribution in [2.75, 3.05) is 5.75 Å². The Morgan fingerprint density at radius 3 is 2.76 bits per heavy atom. The van der Waals surface area contributed by atoms with Crippen molar-refractivity contribution in [1.82, 2.24) is 4.98 Å². The van der Waals surface area contributed by atoms with Crippen molar-refractivity contribution in [2.45, 2.75) is 23.0 Å². The summed E-state index contributed by atoms with van der Waals surface area (Å²) < 4.78 is 39.3. The van der Waals surface area contributed by atoms with Gasteiger partial charge in [-0.15, -0.1) is 11.8 Å². The number of nitrogens with two attached hydrogens (primary N) is 1. The van der Waals surface area contributed by atoms with Gasteiger partial charge in [0.1, 0.15) is 0 Å². The van der Waals surface area contributed by atoms with Crippen LogP contribution in [0.2, 0.25) is 0 Å². The molecule has 0 amide bonds. The highest BCUT2D eigenvalue weighted by molar-refractivity contribution is 7.99. The van der Waals surface area contributed by atoms with Gasteiger partial charge in [0, 0.05) is 35.0 Å². The minimum Gasteiger partial charge on any atom is -0.323 e. The monoisotopic (exact) mass is 310 g/mol. The molecule has 2 heterocycles. The first-order chi connectivity index (χ1) is 9.98. The van der Waals surface area contributed by atoms with E-state index in [-0.39, 0.29) is 11.5 Å². The van der Waals surface area contributed by atoms with Gasteiger partial charge in [0.15, 0.2) is 0 Å². The third-order valence-electron chi connectivity index (χ3n) is 3.69. The molecule has 6 heteroatoms. The molecule has 21 heavy (non-hydrogen) atoms. The number of hydrogen-bond donors (Lipinski definition) is 1. The first-order valence-electron chi connectivity index (χ1n) is 6.47. The van der Waals surface area contributed by atoms with Gasteiger partial charge in [-0.1, -0.05) is 18.2 Å². The Hall–Kier alpha value is -1.53. The molecule has 0 fully saturated rings. The summed E-state index contributed by atoms with van der Waals surface area (Å²) in [6.45, 7) is 0. The van der Waals surface area contributed by atoms with Crippen molar-refractivity contribution in [3.63, 3.8) is 0 Å². The summed E-state index contributed by atoms with van der Waals surface area (Å²) in [5.41, 5.74) is 6.55. The number of benzene rings is 1. The zero-order chi connectivity index (χ0) is 15.0. The van der Waals surface area contributed by atoms with Gasteiger partial charge in [-0.3, -0.25) is 4.98 Å². The van der Waals surface area contributed by atoms with Gasteiger partial charge in [0.25, 0.3) is 0 Å². The lowest BCUT2D eigenvalue weighted by atomic mass is 9.88. The molecule has 0 bridgehead atoms. The summed E-state index contributed by atoms with van der Waals surface area (Å²) in [7, 11) is 0. The van der Waals surface area contributed by atoms with Crippen LogP contribution in [0, 0.1) is 0 Å². The van der Waals surface area contributed by atoms with Gasteiger partial charge >= 0.3 is 6.18 Å². The number of pyridine rings is 1. The maximum atomic E-state index is 13.1. The van der Waals surface area contributed by atoms with Gasteiger partial charge in [-0.2, -0.15) is 13.2 Å². The Bertz CT molecular complexity index is 657. The third kappa shape index (κ3) is 2.65. The van der Waals surface area contributed by atoms with E-state index in [0.717, 1.165) is 22.7 Å². The lowest BCUT2D eigenvalue weighted by Gasteiger charge is -2.23. The molecule has 0 aliphatic carbocycles. The maximum Gasteiger partial charge on any atom is 0.416 e. The van der Waals surface area contributed by atoms with Gasteiger partial charge in [0.2, 0.25) is 0 Å². The fourth-order valence-electron chi connectivity index (χ4n) is 2.63. The SMILES string of the molecule is NC(c1cnccc1C(F)(F)F)C1CSc2ccccc21. The quantitative estimate of drug-likeness (QED) is 0.911. The topological polar surface area (TPSA) is 38.9 Å². The predicted octanol–water partition coefficient (Wildman–Crippen LogP) is 3.99. The number of alkyl halides is 3.